The molecule has 2 aliphatic rings. The van der Waals surface area contributed by atoms with Gasteiger partial charge in [-0.2, -0.15) is 0 Å². The van der Waals surface area contributed by atoms with Crippen LogP contribution in [0.2, 0.25) is 5.02 Å². The number of nitrogen functional groups attached to an aromatic ring is 1. The average Bonchev–Trinajstić information content (AvgIpc) is 3.69. The summed E-state index contributed by atoms with van der Waals surface area (Å²) in [6.45, 7) is 2.13. The lowest BCUT2D eigenvalue weighted by Crippen LogP contribution is -2.40. The van der Waals surface area contributed by atoms with Gasteiger partial charge in [0.15, 0.2) is 0 Å². The van der Waals surface area contributed by atoms with Gasteiger partial charge in [0.1, 0.15) is 29.3 Å². The number of halogens is 2. The number of primary amides is 1. The highest BCUT2D eigenvalue weighted by Gasteiger charge is 2.45. The Morgan fingerprint density at radius 1 is 1.28 bits per heavy atom. The van der Waals surface area contributed by atoms with Crippen molar-refractivity contribution in [2.45, 2.75) is 31.1 Å². The molecule has 1 aliphatic heterocycles. The van der Waals surface area contributed by atoms with E-state index in [0.29, 0.717) is 57.5 Å². The number of carbonyl (C=O) groups is 2. The number of pyridine rings is 1. The summed E-state index contributed by atoms with van der Waals surface area (Å²) in [7, 11) is 1.64. The highest BCUT2D eigenvalue weighted by Crippen LogP contribution is 2.48. The molecule has 0 unspecified atom stereocenters. The molecule has 202 valence electrons. The molecule has 2 amide bonds. The topological polar surface area (TPSA) is 133 Å². The van der Waals surface area contributed by atoms with Gasteiger partial charge < -0.3 is 21.5 Å². The number of aliphatic imine (C=N–C) groups is 1. The fourth-order valence-corrected chi connectivity index (χ4v) is 5.10. The molecule has 0 bridgehead atoms. The van der Waals surface area contributed by atoms with Crippen molar-refractivity contribution in [3.05, 3.63) is 75.7 Å². The number of rotatable bonds is 8. The highest BCUT2D eigenvalue weighted by molar-refractivity contribution is 6.31. The number of hydrogen-bond acceptors (Lipinski definition) is 6. The minimum absolute atomic E-state index is 0.0499. The lowest BCUT2D eigenvalue weighted by molar-refractivity contribution is -0.123. The maximum Gasteiger partial charge on any atom is 0.251 e. The van der Waals surface area contributed by atoms with E-state index in [4.69, 9.17) is 32.8 Å². The van der Waals surface area contributed by atoms with E-state index >= 15 is 0 Å². The molecule has 1 saturated carbocycles. The second kappa shape index (κ2) is 10.3. The normalized spacial score (nSPS) is 19.0. The minimum Gasteiger partial charge on any atom is -0.489 e. The van der Waals surface area contributed by atoms with Gasteiger partial charge in [-0.3, -0.25) is 14.6 Å². The Kier molecular flexibility index (Phi) is 7.03. The monoisotopic (exact) mass is 549 g/mol. The Balaban J connectivity index is 1.52. The summed E-state index contributed by atoms with van der Waals surface area (Å²) in [6.07, 6.45) is 3.58. The van der Waals surface area contributed by atoms with Crippen LogP contribution in [0.1, 0.15) is 52.9 Å². The van der Waals surface area contributed by atoms with E-state index in [0.717, 1.165) is 12.8 Å². The van der Waals surface area contributed by atoms with E-state index in [1.54, 1.807) is 44.5 Å². The first-order valence-electron chi connectivity index (χ1n) is 12.7. The molecule has 10 heteroatoms. The van der Waals surface area contributed by atoms with E-state index in [9.17, 15) is 14.0 Å². The molecular weight excluding hydrogens is 521 g/mol. The molecule has 39 heavy (non-hydrogen) atoms. The van der Waals surface area contributed by atoms with Gasteiger partial charge in [-0.15, -0.1) is 0 Å². The molecule has 0 spiro atoms. The number of anilines is 1. The van der Waals surface area contributed by atoms with Crippen LogP contribution in [0, 0.1) is 11.7 Å². The van der Waals surface area contributed by atoms with Crippen molar-refractivity contribution >= 4 is 35.3 Å². The van der Waals surface area contributed by atoms with Crippen LogP contribution in [-0.2, 0) is 10.2 Å². The van der Waals surface area contributed by atoms with Crippen LogP contribution in [0.25, 0.3) is 11.3 Å². The molecule has 0 saturated heterocycles. The van der Waals surface area contributed by atoms with Crippen LogP contribution in [-0.4, -0.2) is 43.2 Å². The molecule has 3 aromatic rings. The van der Waals surface area contributed by atoms with Crippen molar-refractivity contribution < 1.29 is 18.7 Å². The molecule has 5 N–H and O–H groups in total. The van der Waals surface area contributed by atoms with Crippen LogP contribution >= 0.6 is 11.6 Å². The van der Waals surface area contributed by atoms with Crippen molar-refractivity contribution in [2.24, 2.45) is 16.6 Å². The van der Waals surface area contributed by atoms with Crippen LogP contribution in [0.4, 0.5) is 10.1 Å². The molecule has 2 atom stereocenters. The van der Waals surface area contributed by atoms with E-state index in [2.05, 4.69) is 10.3 Å². The first kappa shape index (κ1) is 26.6. The standard InChI is InChI=1S/C29H29ClFN5O3/c1-29(28(33)38)14-39-26-20(29)11-24(36-25(26)16-5-7-22(31)21(30)10-16)19(15-3-4-15)13-35-27(37)17-6-8-23(32)18(9-17)12-34-2/h5-12,15,19H,3-4,13-14,32H2,1-2H3,(H2,33,38)(H,35,37)/t19-,29-/m0/s1. The maximum absolute atomic E-state index is 13.9. The van der Waals surface area contributed by atoms with Gasteiger partial charge in [-0.25, -0.2) is 9.37 Å². The van der Waals surface area contributed by atoms with Gasteiger partial charge in [0.05, 0.1) is 5.02 Å². The van der Waals surface area contributed by atoms with Crippen molar-refractivity contribution in [3.8, 4) is 17.0 Å². The summed E-state index contributed by atoms with van der Waals surface area (Å²) in [6, 6.07) is 11.2. The molecule has 0 radical (unpaired) electrons. The van der Waals surface area contributed by atoms with Gasteiger partial charge in [-0.05, 0) is 68.1 Å². The number of nitrogens with one attached hydrogen (secondary N) is 1. The fourth-order valence-electron chi connectivity index (χ4n) is 4.92. The zero-order chi connectivity index (χ0) is 27.9. The molecule has 1 aliphatic carbocycles. The predicted molar refractivity (Wildman–Crippen MR) is 149 cm³/mol. The van der Waals surface area contributed by atoms with Crippen LogP contribution in [0.15, 0.2) is 47.5 Å². The lowest BCUT2D eigenvalue weighted by atomic mass is 9.82. The summed E-state index contributed by atoms with van der Waals surface area (Å²) in [4.78, 5) is 34.5. The Morgan fingerprint density at radius 2 is 2.05 bits per heavy atom. The van der Waals surface area contributed by atoms with Crippen molar-refractivity contribution in [1.29, 1.82) is 0 Å². The number of amides is 2. The second-order valence-electron chi connectivity index (χ2n) is 10.3. The van der Waals surface area contributed by atoms with Crippen molar-refractivity contribution in [1.82, 2.24) is 10.3 Å². The van der Waals surface area contributed by atoms with E-state index < -0.39 is 17.1 Å². The Labute approximate surface area is 230 Å². The van der Waals surface area contributed by atoms with Crippen LogP contribution in [0.5, 0.6) is 5.75 Å². The fraction of sp³-hybridized carbons (Fsp3) is 0.310. The van der Waals surface area contributed by atoms with Crippen LogP contribution < -0.4 is 21.5 Å². The lowest BCUT2D eigenvalue weighted by Gasteiger charge is -2.22. The molecule has 2 heterocycles. The molecule has 1 aromatic heterocycles. The summed E-state index contributed by atoms with van der Waals surface area (Å²) in [5.41, 5.74) is 14.7. The number of carbonyl (C=O) groups excluding carboxylic acids is 2. The predicted octanol–water partition coefficient (Wildman–Crippen LogP) is 4.23. The second-order valence-corrected chi connectivity index (χ2v) is 10.7. The molecule has 8 nitrogen and oxygen atoms in total. The number of nitrogens with zero attached hydrogens (tertiary/aromatic N) is 2. The highest BCUT2D eigenvalue weighted by atomic mass is 35.5. The zero-order valence-electron chi connectivity index (χ0n) is 21.6. The average molecular weight is 550 g/mol. The van der Waals surface area contributed by atoms with Crippen molar-refractivity contribution in [2.75, 3.05) is 25.9 Å². The smallest absolute Gasteiger partial charge is 0.251 e. The number of aromatic nitrogens is 1. The number of nitrogens with two attached hydrogens (primary N) is 2. The number of hydrogen-bond donors (Lipinski definition) is 3. The largest absolute Gasteiger partial charge is 0.489 e. The summed E-state index contributed by atoms with van der Waals surface area (Å²) in [5.74, 6) is -0.719. The number of ether oxygens (including phenoxy) is 1. The summed E-state index contributed by atoms with van der Waals surface area (Å²) < 4.78 is 19.9. The first-order chi connectivity index (χ1) is 18.6. The number of benzene rings is 2. The van der Waals surface area contributed by atoms with Gasteiger partial charge >= 0.3 is 0 Å². The van der Waals surface area contributed by atoms with E-state index in [1.165, 1.54) is 12.1 Å². The van der Waals surface area contributed by atoms with Gasteiger partial charge in [-0.1, -0.05) is 11.6 Å². The Hall–Kier alpha value is -3.98. The van der Waals surface area contributed by atoms with E-state index in [1.807, 2.05) is 6.07 Å². The third-order valence-corrected chi connectivity index (χ3v) is 7.79. The SMILES string of the molecule is CN=Cc1cc(C(=O)NC[C@H](c2cc3c(c(-c4ccc(F)c(Cl)c4)n2)OC[C@]3(C)C(N)=O)C2CC2)ccc1N. The van der Waals surface area contributed by atoms with Gasteiger partial charge in [0.25, 0.3) is 5.91 Å². The first-order valence-corrected chi connectivity index (χ1v) is 13.0. The third-order valence-electron chi connectivity index (χ3n) is 7.50. The molecule has 1 fully saturated rings. The third kappa shape index (κ3) is 5.06. The number of fused-ring (bicyclic) bond motifs is 1. The maximum atomic E-state index is 13.9. The Morgan fingerprint density at radius 3 is 2.72 bits per heavy atom. The summed E-state index contributed by atoms with van der Waals surface area (Å²) >= 11 is 6.09. The molecular formula is C29H29ClFN5O3. The Bertz CT molecular complexity index is 1510. The van der Waals surface area contributed by atoms with Gasteiger partial charge in [0, 0.05) is 59.4 Å². The van der Waals surface area contributed by atoms with Crippen LogP contribution in [0.3, 0.4) is 0 Å². The molecule has 2 aromatic carbocycles. The molecule has 5 rings (SSSR count). The minimum atomic E-state index is -1.07. The van der Waals surface area contributed by atoms with Crippen molar-refractivity contribution in [3.63, 3.8) is 0 Å². The quantitative estimate of drug-likeness (QED) is 0.286. The van der Waals surface area contributed by atoms with E-state index in [-0.39, 0.29) is 23.5 Å². The summed E-state index contributed by atoms with van der Waals surface area (Å²) in [5, 5.41) is 2.99. The van der Waals surface area contributed by atoms with Gasteiger partial charge in [0.2, 0.25) is 5.91 Å². The zero-order valence-corrected chi connectivity index (χ0v) is 22.4.